The van der Waals surface area contributed by atoms with Gasteiger partial charge in [-0.3, -0.25) is 19.3 Å². The second-order valence-corrected chi connectivity index (χ2v) is 13.5. The molecule has 0 spiro atoms. The summed E-state index contributed by atoms with van der Waals surface area (Å²) in [7, 11) is 0. The minimum Gasteiger partial charge on any atom is -0.426 e. The van der Waals surface area contributed by atoms with Gasteiger partial charge in [0.2, 0.25) is 11.8 Å². The zero-order valence-corrected chi connectivity index (χ0v) is 29.8. The Kier molecular flexibility index (Phi) is 21.0. The summed E-state index contributed by atoms with van der Waals surface area (Å²) in [4.78, 5) is 37.8. The summed E-state index contributed by atoms with van der Waals surface area (Å²) in [5.74, 6) is 0.629. The molecule has 0 saturated heterocycles. The number of unbranched alkanes of at least 4 members (excludes halogenated alkanes) is 8. The lowest BCUT2D eigenvalue weighted by Gasteiger charge is -2.35. The average molecular weight is 656 g/mol. The van der Waals surface area contributed by atoms with E-state index >= 15 is 0 Å². The molecule has 2 amide bonds. The monoisotopic (exact) mass is 655 g/mol. The number of fused-ring (bicyclic) bond motifs is 1. The van der Waals surface area contributed by atoms with Crippen LogP contribution in [0.4, 0.5) is 0 Å². The van der Waals surface area contributed by atoms with Gasteiger partial charge in [0.1, 0.15) is 5.75 Å². The van der Waals surface area contributed by atoms with E-state index in [9.17, 15) is 14.4 Å². The van der Waals surface area contributed by atoms with Gasteiger partial charge < -0.3 is 15.8 Å². The van der Waals surface area contributed by atoms with Crippen LogP contribution in [0, 0.1) is 0 Å². The van der Waals surface area contributed by atoms with Gasteiger partial charge in [0.05, 0.1) is 0 Å². The van der Waals surface area contributed by atoms with Crippen molar-refractivity contribution >= 4 is 29.1 Å². The summed E-state index contributed by atoms with van der Waals surface area (Å²) in [5, 5.41) is 5.10. The van der Waals surface area contributed by atoms with Crippen LogP contribution in [0.3, 0.4) is 0 Å². The van der Waals surface area contributed by atoms with Crippen LogP contribution in [-0.2, 0) is 33.6 Å². The summed E-state index contributed by atoms with van der Waals surface area (Å²) in [5.41, 5.74) is 7.66. The molecule has 3 rings (SSSR count). The van der Waals surface area contributed by atoms with Crippen LogP contribution in [0.2, 0.25) is 0 Å². The fraction of sp³-hybridized carbons (Fsp3) is 0.658. The van der Waals surface area contributed by atoms with Gasteiger partial charge in [-0.15, -0.1) is 11.3 Å². The van der Waals surface area contributed by atoms with E-state index in [4.69, 9.17) is 10.5 Å². The highest BCUT2D eigenvalue weighted by molar-refractivity contribution is 7.09. The number of benzene rings is 1. The van der Waals surface area contributed by atoms with Gasteiger partial charge in [0.15, 0.2) is 0 Å². The molecular weight excluding hydrogens is 595 g/mol. The Morgan fingerprint density at radius 2 is 1.61 bits per heavy atom. The second kappa shape index (κ2) is 24.5. The lowest BCUT2D eigenvalue weighted by Crippen LogP contribution is -2.41. The number of nitrogens with two attached hydrogens (primary N) is 1. The predicted molar refractivity (Wildman–Crippen MR) is 191 cm³/mol. The molecule has 0 unspecified atom stereocenters. The number of esters is 1. The zero-order valence-electron chi connectivity index (χ0n) is 29.0. The van der Waals surface area contributed by atoms with Crippen molar-refractivity contribution in [2.24, 2.45) is 5.73 Å². The third-order valence-electron chi connectivity index (χ3n) is 8.61. The predicted octanol–water partition coefficient (Wildman–Crippen LogP) is 8.16. The number of hydrogen-bond donors (Lipinski definition) is 2. The normalized spacial score (nSPS) is 13.9. The molecule has 1 aliphatic rings. The molecule has 3 N–H and O–H groups in total. The molecule has 1 aromatic carbocycles. The highest BCUT2D eigenvalue weighted by Gasteiger charge is 2.26. The minimum absolute atomic E-state index is 0.149. The quantitative estimate of drug-likeness (QED) is 0.0757. The molecule has 258 valence electrons. The fourth-order valence-electron chi connectivity index (χ4n) is 5.97. The number of nitrogens with one attached hydrogen (secondary N) is 1. The van der Waals surface area contributed by atoms with Crippen LogP contribution >= 0.6 is 11.3 Å². The first-order valence-corrected chi connectivity index (χ1v) is 18.9. The lowest BCUT2D eigenvalue weighted by molar-refractivity contribution is -0.134. The summed E-state index contributed by atoms with van der Waals surface area (Å²) >= 11 is 1.85. The number of thiophene rings is 1. The van der Waals surface area contributed by atoms with E-state index in [0.29, 0.717) is 25.3 Å². The number of primary amides is 1. The van der Waals surface area contributed by atoms with Crippen molar-refractivity contribution in [3.8, 4) is 5.75 Å². The van der Waals surface area contributed by atoms with Crippen molar-refractivity contribution in [2.75, 3.05) is 19.6 Å². The SMILES string of the molecule is CCCCNC(=O)CCCCCCCCCCC(N)=O.CCCN(CCc1cccs1)[C@@H]1CCc2c(cccc2OC(=O)CC)C1. The Morgan fingerprint density at radius 1 is 0.891 bits per heavy atom. The smallest absolute Gasteiger partial charge is 0.310 e. The highest BCUT2D eigenvalue weighted by atomic mass is 32.1. The topological polar surface area (TPSA) is 102 Å². The Bertz CT molecular complexity index is 1120. The van der Waals surface area contributed by atoms with E-state index in [-0.39, 0.29) is 17.8 Å². The lowest BCUT2D eigenvalue weighted by atomic mass is 9.86. The Hall–Kier alpha value is -2.71. The van der Waals surface area contributed by atoms with Crippen LogP contribution in [0.15, 0.2) is 35.7 Å². The van der Waals surface area contributed by atoms with Crippen molar-refractivity contribution in [1.29, 1.82) is 0 Å². The largest absolute Gasteiger partial charge is 0.426 e. The van der Waals surface area contributed by atoms with Gasteiger partial charge in [-0.05, 0) is 86.6 Å². The maximum atomic E-state index is 11.7. The number of rotatable bonds is 22. The third kappa shape index (κ3) is 16.7. The van der Waals surface area contributed by atoms with Crippen molar-refractivity contribution in [3.63, 3.8) is 0 Å². The van der Waals surface area contributed by atoms with Crippen LogP contribution in [0.1, 0.15) is 133 Å². The molecule has 0 aliphatic heterocycles. The Labute approximate surface area is 283 Å². The number of nitrogens with zero attached hydrogens (tertiary/aromatic N) is 1. The number of carbonyl (C=O) groups excluding carboxylic acids is 3. The fourth-order valence-corrected chi connectivity index (χ4v) is 6.66. The van der Waals surface area contributed by atoms with Gasteiger partial charge in [0, 0.05) is 43.3 Å². The number of hydrogen-bond acceptors (Lipinski definition) is 6. The summed E-state index contributed by atoms with van der Waals surface area (Å²) in [6, 6.07) is 11.1. The van der Waals surface area contributed by atoms with Crippen molar-refractivity contribution in [2.45, 2.75) is 142 Å². The summed E-state index contributed by atoms with van der Waals surface area (Å²) in [6.45, 7) is 9.32. The first-order chi connectivity index (χ1) is 22.4. The maximum Gasteiger partial charge on any atom is 0.310 e. The van der Waals surface area contributed by atoms with Gasteiger partial charge >= 0.3 is 5.97 Å². The molecule has 2 aromatic rings. The molecule has 8 heteroatoms. The second-order valence-electron chi connectivity index (χ2n) is 12.5. The molecule has 7 nitrogen and oxygen atoms in total. The zero-order chi connectivity index (χ0) is 33.4. The minimum atomic E-state index is -0.192. The molecule has 1 aliphatic carbocycles. The maximum absolute atomic E-state index is 11.7. The molecule has 1 atom stereocenters. The highest BCUT2D eigenvalue weighted by Crippen LogP contribution is 2.32. The van der Waals surface area contributed by atoms with Crippen molar-refractivity contribution < 1.29 is 19.1 Å². The molecule has 1 heterocycles. The van der Waals surface area contributed by atoms with Gasteiger partial charge in [-0.2, -0.15) is 0 Å². The van der Waals surface area contributed by atoms with Crippen molar-refractivity contribution in [3.05, 3.63) is 51.7 Å². The van der Waals surface area contributed by atoms with Crippen LogP contribution in [0.5, 0.6) is 5.75 Å². The summed E-state index contributed by atoms with van der Waals surface area (Å²) < 4.78 is 5.55. The first kappa shape index (κ1) is 39.5. The van der Waals surface area contributed by atoms with Crippen molar-refractivity contribution in [1.82, 2.24) is 10.2 Å². The van der Waals surface area contributed by atoms with Crippen LogP contribution in [-0.4, -0.2) is 48.4 Å². The molecule has 0 saturated carbocycles. The van der Waals surface area contributed by atoms with Gasteiger partial charge in [0.25, 0.3) is 0 Å². The molecule has 0 fully saturated rings. The van der Waals surface area contributed by atoms with Crippen LogP contribution < -0.4 is 15.8 Å². The van der Waals surface area contributed by atoms with E-state index in [0.717, 1.165) is 89.6 Å². The number of amides is 2. The van der Waals surface area contributed by atoms with Gasteiger partial charge in [-0.25, -0.2) is 0 Å². The first-order valence-electron chi connectivity index (χ1n) is 18.0. The van der Waals surface area contributed by atoms with Gasteiger partial charge in [-0.1, -0.05) is 83.9 Å². The van der Waals surface area contributed by atoms with E-state index in [1.54, 1.807) is 0 Å². The van der Waals surface area contributed by atoms with E-state index in [2.05, 4.69) is 47.6 Å². The Balaban J connectivity index is 0.000000334. The number of carbonyl (C=O) groups is 3. The standard InChI is InChI=1S/C22H29NO2S.C16H32N2O2/c1-3-13-23(14-12-19-8-6-15-26-19)18-10-11-20-17(16-18)7-5-9-21(20)25-22(24)4-2;1-2-3-14-18-16(20)13-11-9-7-5-4-6-8-10-12-15(17)19/h5-9,15,18H,3-4,10-14,16H2,1-2H3;2-14H2,1H3,(H2,17,19)(H,18,20)/t18-;/m1./s1. The third-order valence-corrected chi connectivity index (χ3v) is 9.54. The molecule has 46 heavy (non-hydrogen) atoms. The summed E-state index contributed by atoms with van der Waals surface area (Å²) in [6.07, 6.45) is 18.3. The van der Waals surface area contributed by atoms with E-state index < -0.39 is 0 Å². The molecule has 1 aromatic heterocycles. The van der Waals surface area contributed by atoms with E-state index in [1.807, 2.05) is 30.4 Å². The average Bonchev–Trinajstić information content (AvgIpc) is 3.58. The molecule has 0 radical (unpaired) electrons. The Morgan fingerprint density at radius 3 is 2.24 bits per heavy atom. The molecular formula is C38H61N3O4S. The van der Waals surface area contributed by atoms with E-state index in [1.165, 1.54) is 48.1 Å². The molecule has 0 bridgehead atoms. The van der Waals surface area contributed by atoms with Crippen LogP contribution in [0.25, 0.3) is 0 Å². The number of ether oxygens (including phenoxy) is 1.